The standard InChI is InChI=1S/C10H11NO5/c1-15-8-3-2-7(5-11-14)4-9(8)16-6-10(12)13/h2-5,14H,6H2,1H3,(H,12,13)/b11-5+. The maximum Gasteiger partial charge on any atom is 0.341 e. The molecule has 0 amide bonds. The van der Waals surface area contributed by atoms with Crippen LogP contribution < -0.4 is 9.47 Å². The lowest BCUT2D eigenvalue weighted by molar-refractivity contribution is -0.139. The first-order chi connectivity index (χ1) is 7.67. The summed E-state index contributed by atoms with van der Waals surface area (Å²) < 4.78 is 9.99. The molecule has 6 heteroatoms. The molecule has 16 heavy (non-hydrogen) atoms. The van der Waals surface area contributed by atoms with E-state index in [1.165, 1.54) is 19.4 Å². The summed E-state index contributed by atoms with van der Waals surface area (Å²) in [4.78, 5) is 10.4. The molecule has 86 valence electrons. The van der Waals surface area contributed by atoms with Crippen molar-refractivity contribution in [2.45, 2.75) is 0 Å². The number of hydrogen-bond donors (Lipinski definition) is 2. The Labute approximate surface area is 91.7 Å². The van der Waals surface area contributed by atoms with Crippen LogP contribution in [-0.4, -0.2) is 36.2 Å². The van der Waals surface area contributed by atoms with Crippen LogP contribution in [0.15, 0.2) is 23.4 Å². The first-order valence-corrected chi connectivity index (χ1v) is 4.37. The van der Waals surface area contributed by atoms with E-state index in [9.17, 15) is 4.79 Å². The summed E-state index contributed by atoms with van der Waals surface area (Å²) in [5.41, 5.74) is 0.573. The molecule has 0 atom stereocenters. The van der Waals surface area contributed by atoms with Crippen LogP contribution >= 0.6 is 0 Å². The minimum Gasteiger partial charge on any atom is -0.493 e. The first kappa shape index (κ1) is 11.8. The summed E-state index contributed by atoms with van der Waals surface area (Å²) in [6.07, 6.45) is 1.20. The van der Waals surface area contributed by atoms with Gasteiger partial charge in [-0.15, -0.1) is 0 Å². The maximum absolute atomic E-state index is 10.4. The van der Waals surface area contributed by atoms with Gasteiger partial charge in [0, 0.05) is 5.56 Å². The Kier molecular flexibility index (Phi) is 4.14. The predicted molar refractivity (Wildman–Crippen MR) is 55.5 cm³/mol. The Morgan fingerprint density at radius 3 is 2.81 bits per heavy atom. The van der Waals surface area contributed by atoms with Crippen LogP contribution in [0.5, 0.6) is 11.5 Å². The van der Waals surface area contributed by atoms with E-state index in [1.807, 2.05) is 0 Å². The SMILES string of the molecule is COc1ccc(/C=N/O)cc1OCC(=O)O. The largest absolute Gasteiger partial charge is 0.493 e. The number of oxime groups is 1. The minimum atomic E-state index is -1.08. The van der Waals surface area contributed by atoms with Gasteiger partial charge < -0.3 is 19.8 Å². The fraction of sp³-hybridized carbons (Fsp3) is 0.200. The second-order valence-electron chi connectivity index (χ2n) is 2.84. The lowest BCUT2D eigenvalue weighted by atomic mass is 10.2. The molecule has 2 N–H and O–H groups in total. The molecular formula is C10H11NO5. The van der Waals surface area contributed by atoms with Gasteiger partial charge in [-0.1, -0.05) is 5.16 Å². The van der Waals surface area contributed by atoms with Gasteiger partial charge in [0.05, 0.1) is 13.3 Å². The van der Waals surface area contributed by atoms with Gasteiger partial charge >= 0.3 is 5.97 Å². The number of carbonyl (C=O) groups is 1. The molecule has 1 aromatic rings. The molecule has 0 bridgehead atoms. The monoisotopic (exact) mass is 225 g/mol. The molecule has 1 aromatic carbocycles. The van der Waals surface area contributed by atoms with E-state index < -0.39 is 12.6 Å². The van der Waals surface area contributed by atoms with Gasteiger partial charge in [0.25, 0.3) is 0 Å². The quantitative estimate of drug-likeness (QED) is 0.442. The van der Waals surface area contributed by atoms with Crippen molar-refractivity contribution in [3.05, 3.63) is 23.8 Å². The van der Waals surface area contributed by atoms with Gasteiger partial charge in [0.1, 0.15) is 0 Å². The molecule has 0 saturated heterocycles. The molecule has 0 saturated carbocycles. The maximum atomic E-state index is 10.4. The highest BCUT2D eigenvalue weighted by atomic mass is 16.5. The molecule has 0 fully saturated rings. The van der Waals surface area contributed by atoms with Crippen LogP contribution in [0.1, 0.15) is 5.56 Å². The van der Waals surface area contributed by atoms with Crippen molar-refractivity contribution in [1.29, 1.82) is 0 Å². The Morgan fingerprint density at radius 1 is 1.50 bits per heavy atom. The molecule has 0 aliphatic carbocycles. The minimum absolute atomic E-state index is 0.280. The zero-order valence-electron chi connectivity index (χ0n) is 8.58. The van der Waals surface area contributed by atoms with Crippen LogP contribution in [0, 0.1) is 0 Å². The van der Waals surface area contributed by atoms with Gasteiger partial charge in [-0.2, -0.15) is 0 Å². The van der Waals surface area contributed by atoms with E-state index in [-0.39, 0.29) is 5.75 Å². The van der Waals surface area contributed by atoms with E-state index in [0.717, 1.165) is 0 Å². The molecule has 0 aliphatic heterocycles. The highest BCUT2D eigenvalue weighted by Crippen LogP contribution is 2.27. The summed E-state index contributed by atoms with van der Waals surface area (Å²) in [6, 6.07) is 4.75. The topological polar surface area (TPSA) is 88.4 Å². The van der Waals surface area contributed by atoms with Gasteiger partial charge in [0.15, 0.2) is 18.1 Å². The summed E-state index contributed by atoms with van der Waals surface area (Å²) in [5.74, 6) is -0.387. The molecule has 0 radical (unpaired) electrons. The average Bonchev–Trinajstić information content (AvgIpc) is 2.27. The molecule has 0 aromatic heterocycles. The van der Waals surface area contributed by atoms with E-state index in [0.29, 0.717) is 11.3 Å². The fourth-order valence-corrected chi connectivity index (χ4v) is 1.09. The van der Waals surface area contributed by atoms with Gasteiger partial charge in [-0.05, 0) is 18.2 Å². The van der Waals surface area contributed by atoms with Crippen molar-refractivity contribution in [3.63, 3.8) is 0 Å². The van der Waals surface area contributed by atoms with Gasteiger partial charge in [-0.3, -0.25) is 0 Å². The van der Waals surface area contributed by atoms with Crippen LogP contribution in [0.2, 0.25) is 0 Å². The van der Waals surface area contributed by atoms with Crippen molar-refractivity contribution in [2.24, 2.45) is 5.16 Å². The zero-order valence-corrected chi connectivity index (χ0v) is 8.58. The van der Waals surface area contributed by atoms with E-state index >= 15 is 0 Å². The number of benzene rings is 1. The Bertz CT molecular complexity index is 402. The third-order valence-electron chi connectivity index (χ3n) is 1.75. The molecule has 0 spiro atoms. The van der Waals surface area contributed by atoms with E-state index in [2.05, 4.69) is 5.16 Å². The van der Waals surface area contributed by atoms with E-state index in [4.69, 9.17) is 19.8 Å². The Hall–Kier alpha value is -2.24. The number of rotatable bonds is 5. The number of ether oxygens (including phenoxy) is 2. The molecule has 1 rings (SSSR count). The average molecular weight is 225 g/mol. The highest BCUT2D eigenvalue weighted by Gasteiger charge is 2.07. The van der Waals surface area contributed by atoms with Crippen molar-refractivity contribution >= 4 is 12.2 Å². The number of hydrogen-bond acceptors (Lipinski definition) is 5. The fourth-order valence-electron chi connectivity index (χ4n) is 1.09. The van der Waals surface area contributed by atoms with Crippen LogP contribution in [0.25, 0.3) is 0 Å². The third kappa shape index (κ3) is 3.16. The molecule has 0 unspecified atom stereocenters. The van der Waals surface area contributed by atoms with Crippen molar-refractivity contribution in [3.8, 4) is 11.5 Å². The lowest BCUT2D eigenvalue weighted by Crippen LogP contribution is -2.10. The molecular weight excluding hydrogens is 214 g/mol. The van der Waals surface area contributed by atoms with Gasteiger partial charge in [0.2, 0.25) is 0 Å². The smallest absolute Gasteiger partial charge is 0.341 e. The Morgan fingerprint density at radius 2 is 2.25 bits per heavy atom. The zero-order chi connectivity index (χ0) is 12.0. The Balaban J connectivity index is 2.92. The third-order valence-corrected chi connectivity index (χ3v) is 1.75. The normalized spacial score (nSPS) is 10.3. The van der Waals surface area contributed by atoms with Crippen LogP contribution in [0.3, 0.4) is 0 Å². The number of aliphatic carboxylic acids is 1. The van der Waals surface area contributed by atoms with Crippen molar-refractivity contribution in [2.75, 3.05) is 13.7 Å². The second-order valence-corrected chi connectivity index (χ2v) is 2.84. The lowest BCUT2D eigenvalue weighted by Gasteiger charge is -2.09. The van der Waals surface area contributed by atoms with Gasteiger partial charge in [-0.25, -0.2) is 4.79 Å². The van der Waals surface area contributed by atoms with Crippen LogP contribution in [-0.2, 0) is 4.79 Å². The summed E-state index contributed by atoms with van der Waals surface area (Å²) in [6.45, 7) is -0.462. The molecule has 6 nitrogen and oxygen atoms in total. The molecule has 0 aliphatic rings. The van der Waals surface area contributed by atoms with Crippen molar-refractivity contribution in [1.82, 2.24) is 0 Å². The molecule has 0 heterocycles. The van der Waals surface area contributed by atoms with Crippen molar-refractivity contribution < 1.29 is 24.6 Å². The summed E-state index contributed by atoms with van der Waals surface area (Å²) >= 11 is 0. The number of nitrogens with zero attached hydrogens (tertiary/aromatic N) is 1. The first-order valence-electron chi connectivity index (χ1n) is 4.37. The number of methoxy groups -OCH3 is 1. The highest BCUT2D eigenvalue weighted by molar-refractivity contribution is 5.80. The summed E-state index contributed by atoms with van der Waals surface area (Å²) in [7, 11) is 1.45. The summed E-state index contributed by atoms with van der Waals surface area (Å²) in [5, 5.41) is 19.7. The number of carboxylic acids is 1. The van der Waals surface area contributed by atoms with Crippen LogP contribution in [0.4, 0.5) is 0 Å². The second kappa shape index (κ2) is 5.59. The predicted octanol–water partition coefficient (Wildman–Crippen LogP) is 0.967. The van der Waals surface area contributed by atoms with E-state index in [1.54, 1.807) is 12.1 Å². The number of carboxylic acid groups (broad SMARTS) is 1.